The predicted molar refractivity (Wildman–Crippen MR) is 107 cm³/mol. The molecule has 4 rings (SSSR count). The van der Waals surface area contributed by atoms with E-state index in [-0.39, 0.29) is 16.2 Å². The van der Waals surface area contributed by atoms with Crippen LogP contribution in [0, 0.1) is 13.8 Å². The molecule has 0 spiro atoms. The molecule has 0 radical (unpaired) electrons. The van der Waals surface area contributed by atoms with Crippen LogP contribution < -0.4 is 5.56 Å². The van der Waals surface area contributed by atoms with E-state index in [1.165, 1.54) is 0 Å². The molecule has 2 N–H and O–H groups in total. The van der Waals surface area contributed by atoms with Crippen LogP contribution in [-0.2, 0) is 4.74 Å². The van der Waals surface area contributed by atoms with Crippen molar-refractivity contribution in [1.29, 1.82) is 0 Å². The molecule has 0 unspecified atom stereocenters. The number of hydrogen-bond donors (Lipinski definition) is 2. The van der Waals surface area contributed by atoms with Gasteiger partial charge in [-0.05, 0) is 32.4 Å². The number of nitrogens with one attached hydrogen (secondary N) is 2. The lowest BCUT2D eigenvalue weighted by atomic mass is 10.1. The Bertz CT molecular complexity index is 1300. The topological polar surface area (TPSA) is 105 Å². The Labute approximate surface area is 163 Å². The molecule has 4 aromatic rings. The van der Waals surface area contributed by atoms with E-state index in [2.05, 4.69) is 15.0 Å². The molecule has 0 aliphatic rings. The lowest BCUT2D eigenvalue weighted by Gasteiger charge is -2.11. The number of thiophene rings is 1. The molecule has 28 heavy (non-hydrogen) atoms. The third-order valence-corrected chi connectivity index (χ3v) is 5.78. The Morgan fingerprint density at radius 2 is 1.96 bits per heavy atom. The lowest BCUT2D eigenvalue weighted by Crippen LogP contribution is -2.24. The SMILES string of the molecule is Cc1nc2sc(C(=O)O[C@H](C)C(=O)c3c[nH]c4ccccc34)c(C)c2c(=O)[nH]1. The number of aromatic nitrogens is 3. The number of esters is 1. The number of carbonyl (C=O) groups is 2. The van der Waals surface area contributed by atoms with Crippen LogP contribution in [0.1, 0.15) is 38.3 Å². The Morgan fingerprint density at radius 3 is 2.75 bits per heavy atom. The van der Waals surface area contributed by atoms with Crippen LogP contribution in [0.2, 0.25) is 0 Å². The van der Waals surface area contributed by atoms with Gasteiger partial charge in [-0.2, -0.15) is 0 Å². The lowest BCUT2D eigenvalue weighted by molar-refractivity contribution is 0.0323. The number of Topliss-reactive ketones (excluding diaryl/α,β-unsaturated/α-hetero) is 1. The molecule has 3 aromatic heterocycles. The number of rotatable bonds is 4. The number of para-hydroxylation sites is 1. The first-order valence-electron chi connectivity index (χ1n) is 8.68. The first-order chi connectivity index (χ1) is 13.4. The Kier molecular flexibility index (Phi) is 4.35. The molecule has 0 bridgehead atoms. The standard InChI is InChI=1S/C20H17N3O4S/c1-9-15-18(25)22-11(3)23-19(15)28-17(9)20(26)27-10(2)16(24)13-8-21-14-7-5-4-6-12(13)14/h4-8,10,21H,1-3H3,(H,22,23,25)/t10-/m1/s1. The zero-order valence-corrected chi connectivity index (χ0v) is 16.3. The van der Waals surface area contributed by atoms with Crippen molar-refractivity contribution in [2.75, 3.05) is 0 Å². The highest BCUT2D eigenvalue weighted by atomic mass is 32.1. The number of benzene rings is 1. The van der Waals surface area contributed by atoms with Crippen molar-refractivity contribution in [3.8, 4) is 0 Å². The average Bonchev–Trinajstić information content (AvgIpc) is 3.22. The number of fused-ring (bicyclic) bond motifs is 2. The van der Waals surface area contributed by atoms with Crippen LogP contribution in [0.3, 0.4) is 0 Å². The Balaban J connectivity index is 1.62. The van der Waals surface area contributed by atoms with Gasteiger partial charge in [0.2, 0.25) is 5.78 Å². The van der Waals surface area contributed by atoms with Crippen LogP contribution in [0.25, 0.3) is 21.1 Å². The summed E-state index contributed by atoms with van der Waals surface area (Å²) in [6.07, 6.45) is 0.651. The number of hydrogen-bond acceptors (Lipinski definition) is 6. The highest BCUT2D eigenvalue weighted by Gasteiger charge is 2.26. The average molecular weight is 395 g/mol. The molecule has 1 aromatic carbocycles. The van der Waals surface area contributed by atoms with Gasteiger partial charge >= 0.3 is 5.97 Å². The maximum Gasteiger partial charge on any atom is 0.349 e. The van der Waals surface area contributed by atoms with E-state index in [4.69, 9.17) is 4.74 Å². The van der Waals surface area contributed by atoms with Crippen molar-refractivity contribution in [2.45, 2.75) is 26.9 Å². The van der Waals surface area contributed by atoms with Crippen molar-refractivity contribution >= 4 is 44.2 Å². The zero-order chi connectivity index (χ0) is 20.0. The largest absolute Gasteiger partial charge is 0.450 e. The fourth-order valence-corrected chi connectivity index (χ4v) is 4.32. The first kappa shape index (κ1) is 18.1. The molecule has 0 saturated heterocycles. The quantitative estimate of drug-likeness (QED) is 0.406. The van der Waals surface area contributed by atoms with Crippen molar-refractivity contribution in [2.24, 2.45) is 0 Å². The highest BCUT2D eigenvalue weighted by Crippen LogP contribution is 2.28. The number of aromatic amines is 2. The Morgan fingerprint density at radius 1 is 1.21 bits per heavy atom. The van der Waals surface area contributed by atoms with Gasteiger partial charge in [-0.25, -0.2) is 9.78 Å². The number of aryl methyl sites for hydroxylation is 2. The normalized spacial score (nSPS) is 12.4. The molecule has 0 aliphatic carbocycles. The van der Waals surface area contributed by atoms with Crippen molar-refractivity contribution in [3.63, 3.8) is 0 Å². The van der Waals surface area contributed by atoms with Crippen LogP contribution in [0.4, 0.5) is 0 Å². The van der Waals surface area contributed by atoms with E-state index in [1.807, 2.05) is 24.3 Å². The minimum absolute atomic E-state index is 0.275. The van der Waals surface area contributed by atoms with Gasteiger partial charge in [0.15, 0.2) is 6.10 Å². The number of ether oxygens (including phenoxy) is 1. The van der Waals surface area contributed by atoms with Gasteiger partial charge in [0.05, 0.1) is 5.39 Å². The predicted octanol–water partition coefficient (Wildman–Crippen LogP) is 3.51. The van der Waals surface area contributed by atoms with E-state index in [0.29, 0.717) is 27.2 Å². The second kappa shape index (κ2) is 6.72. The van der Waals surface area contributed by atoms with Crippen molar-refractivity contribution < 1.29 is 14.3 Å². The summed E-state index contributed by atoms with van der Waals surface area (Å²) >= 11 is 1.09. The van der Waals surface area contributed by atoms with Crippen LogP contribution in [0.15, 0.2) is 35.3 Å². The molecule has 3 heterocycles. The molecule has 1 atom stereocenters. The van der Waals surface area contributed by atoms with Gasteiger partial charge in [0, 0.05) is 22.7 Å². The van der Waals surface area contributed by atoms with E-state index in [9.17, 15) is 14.4 Å². The summed E-state index contributed by atoms with van der Waals surface area (Å²) in [6, 6.07) is 7.43. The zero-order valence-electron chi connectivity index (χ0n) is 15.5. The second-order valence-electron chi connectivity index (χ2n) is 6.55. The minimum Gasteiger partial charge on any atom is -0.450 e. The monoisotopic (exact) mass is 395 g/mol. The van der Waals surface area contributed by atoms with E-state index in [0.717, 1.165) is 22.2 Å². The summed E-state index contributed by atoms with van der Waals surface area (Å²) in [5, 5.41) is 1.15. The third kappa shape index (κ3) is 2.91. The molecule has 7 nitrogen and oxygen atoms in total. The molecule has 8 heteroatoms. The van der Waals surface area contributed by atoms with Crippen LogP contribution >= 0.6 is 11.3 Å². The smallest absolute Gasteiger partial charge is 0.349 e. The van der Waals surface area contributed by atoms with Crippen LogP contribution in [-0.4, -0.2) is 32.8 Å². The summed E-state index contributed by atoms with van der Waals surface area (Å²) in [5.74, 6) is -0.462. The maximum atomic E-state index is 12.8. The molecule has 142 valence electrons. The van der Waals surface area contributed by atoms with Gasteiger partial charge in [-0.15, -0.1) is 11.3 Å². The highest BCUT2D eigenvalue weighted by molar-refractivity contribution is 7.20. The molecule has 0 aliphatic heterocycles. The molecular formula is C20H17N3O4S. The molecule has 0 amide bonds. The van der Waals surface area contributed by atoms with Gasteiger partial charge in [0.25, 0.3) is 5.56 Å². The summed E-state index contributed by atoms with van der Waals surface area (Å²) in [6.45, 7) is 4.89. The van der Waals surface area contributed by atoms with Gasteiger partial charge in [-0.1, -0.05) is 18.2 Å². The number of ketones is 1. The second-order valence-corrected chi connectivity index (χ2v) is 7.55. The minimum atomic E-state index is -0.968. The van der Waals surface area contributed by atoms with E-state index >= 15 is 0 Å². The molecular weight excluding hydrogens is 378 g/mol. The molecule has 0 saturated carbocycles. The van der Waals surface area contributed by atoms with Crippen molar-refractivity contribution in [3.05, 3.63) is 62.6 Å². The maximum absolute atomic E-state index is 12.8. The third-order valence-electron chi connectivity index (χ3n) is 4.61. The van der Waals surface area contributed by atoms with E-state index < -0.39 is 12.1 Å². The fourth-order valence-electron chi connectivity index (χ4n) is 3.21. The molecule has 0 fully saturated rings. The summed E-state index contributed by atoms with van der Waals surface area (Å²) in [4.78, 5) is 48.3. The van der Waals surface area contributed by atoms with Crippen LogP contribution in [0.5, 0.6) is 0 Å². The summed E-state index contributed by atoms with van der Waals surface area (Å²) < 4.78 is 5.42. The summed E-state index contributed by atoms with van der Waals surface area (Å²) in [7, 11) is 0. The van der Waals surface area contributed by atoms with Gasteiger partial charge in [0.1, 0.15) is 15.5 Å². The first-order valence-corrected chi connectivity index (χ1v) is 9.49. The number of carbonyl (C=O) groups excluding carboxylic acids is 2. The number of nitrogens with zero attached hydrogens (tertiary/aromatic N) is 1. The fraction of sp³-hybridized carbons (Fsp3) is 0.200. The number of H-pyrrole nitrogens is 2. The van der Waals surface area contributed by atoms with Crippen molar-refractivity contribution in [1.82, 2.24) is 15.0 Å². The van der Waals surface area contributed by atoms with E-state index in [1.54, 1.807) is 27.0 Å². The van der Waals surface area contributed by atoms with Gasteiger partial charge in [-0.3, -0.25) is 9.59 Å². The Hall–Kier alpha value is -3.26. The summed E-state index contributed by atoms with van der Waals surface area (Å²) in [5.41, 5.74) is 1.52. The van der Waals surface area contributed by atoms with Gasteiger partial charge < -0.3 is 14.7 Å².